The van der Waals surface area contributed by atoms with Crippen molar-refractivity contribution < 1.29 is 39.6 Å². The Morgan fingerprint density at radius 2 is 1.57 bits per heavy atom. The zero-order chi connectivity index (χ0) is 25.9. The molecule has 0 saturated carbocycles. The van der Waals surface area contributed by atoms with E-state index in [-0.39, 0.29) is 17.5 Å². The number of carbonyl (C=O) groups excluding carboxylic acids is 1. The quantitative estimate of drug-likeness (QED) is 0.430. The molecule has 0 fully saturated rings. The minimum atomic E-state index is -4.77. The van der Waals surface area contributed by atoms with Gasteiger partial charge in [-0.1, -0.05) is 36.4 Å². The third-order valence-corrected chi connectivity index (χ3v) is 6.24. The monoisotopic (exact) mass is 516 g/mol. The fourth-order valence-corrected chi connectivity index (χ4v) is 4.35. The molecule has 0 aliphatic heterocycles. The van der Waals surface area contributed by atoms with Crippen LogP contribution in [-0.2, 0) is 33.8 Å². The van der Waals surface area contributed by atoms with Gasteiger partial charge in [-0.25, -0.2) is 13.1 Å². The summed E-state index contributed by atoms with van der Waals surface area (Å²) in [5.74, 6) is -0.541. The van der Waals surface area contributed by atoms with Crippen LogP contribution >= 0.6 is 0 Å². The van der Waals surface area contributed by atoms with Gasteiger partial charge >= 0.3 is 12.4 Å². The molecule has 0 spiro atoms. The highest BCUT2D eigenvalue weighted by Crippen LogP contribution is 2.30. The van der Waals surface area contributed by atoms with Crippen molar-refractivity contribution in [3.8, 4) is 11.1 Å². The molecule has 3 aromatic rings. The highest BCUT2D eigenvalue weighted by Gasteiger charge is 2.32. The standard InChI is InChI=1S/C23H18F6N2O3S/c24-22(25,26)14-31-35(33,34)20-6-7-21(16-4-2-1-3-5-16)17(11-20)10-19(32)9-15-8-18(13-30-12-15)23(27,28)29/h1-8,11-13,31H,9-10,14H2. The van der Waals surface area contributed by atoms with Crippen molar-refractivity contribution in [1.82, 2.24) is 9.71 Å². The van der Waals surface area contributed by atoms with E-state index in [4.69, 9.17) is 0 Å². The molecule has 35 heavy (non-hydrogen) atoms. The van der Waals surface area contributed by atoms with Gasteiger partial charge in [-0.3, -0.25) is 9.78 Å². The molecule has 0 radical (unpaired) electrons. The van der Waals surface area contributed by atoms with Crippen LogP contribution in [0.25, 0.3) is 11.1 Å². The second kappa shape index (κ2) is 10.2. The number of rotatable bonds is 8. The van der Waals surface area contributed by atoms with Gasteiger partial charge in [-0.15, -0.1) is 0 Å². The number of hydrogen-bond acceptors (Lipinski definition) is 4. The Kier molecular flexibility index (Phi) is 7.65. The molecule has 12 heteroatoms. The van der Waals surface area contributed by atoms with Gasteiger partial charge in [-0.05, 0) is 40.5 Å². The lowest BCUT2D eigenvalue weighted by molar-refractivity contribution is -0.138. The summed E-state index contributed by atoms with van der Waals surface area (Å²) in [6.45, 7) is -1.77. The number of nitrogens with zero attached hydrogens (tertiary/aromatic N) is 1. The summed E-state index contributed by atoms with van der Waals surface area (Å²) in [7, 11) is -4.55. The maximum absolute atomic E-state index is 12.9. The van der Waals surface area contributed by atoms with E-state index >= 15 is 0 Å². The van der Waals surface area contributed by atoms with Gasteiger partial charge < -0.3 is 0 Å². The predicted octanol–water partition coefficient (Wildman–Crippen LogP) is 4.96. The second-order valence-electron chi connectivity index (χ2n) is 7.60. The van der Waals surface area contributed by atoms with E-state index in [0.29, 0.717) is 17.3 Å². The number of benzene rings is 2. The number of nitrogens with one attached hydrogen (secondary N) is 1. The van der Waals surface area contributed by atoms with Crippen LogP contribution in [0.4, 0.5) is 26.3 Å². The van der Waals surface area contributed by atoms with Crippen molar-refractivity contribution in [2.24, 2.45) is 0 Å². The Morgan fingerprint density at radius 3 is 2.20 bits per heavy atom. The Bertz CT molecular complexity index is 1310. The molecule has 3 rings (SSSR count). The van der Waals surface area contributed by atoms with Crippen LogP contribution in [0.15, 0.2) is 71.9 Å². The minimum Gasteiger partial charge on any atom is -0.299 e. The van der Waals surface area contributed by atoms with Gasteiger partial charge in [0, 0.05) is 25.2 Å². The van der Waals surface area contributed by atoms with Crippen molar-refractivity contribution in [1.29, 1.82) is 0 Å². The number of sulfonamides is 1. The van der Waals surface area contributed by atoms with Crippen molar-refractivity contribution in [2.45, 2.75) is 30.1 Å². The number of pyridine rings is 1. The summed E-state index contributed by atoms with van der Waals surface area (Å²) in [6, 6.07) is 12.9. The van der Waals surface area contributed by atoms with Gasteiger partial charge in [0.05, 0.1) is 10.5 Å². The first-order valence-corrected chi connectivity index (χ1v) is 11.5. The number of aromatic nitrogens is 1. The molecule has 0 aliphatic carbocycles. The summed E-state index contributed by atoms with van der Waals surface area (Å²) in [5.41, 5.74) is 0.258. The Morgan fingerprint density at radius 1 is 0.886 bits per heavy atom. The Balaban J connectivity index is 1.92. The lowest BCUT2D eigenvalue weighted by Gasteiger charge is -2.14. The Hall–Kier alpha value is -3.25. The second-order valence-corrected chi connectivity index (χ2v) is 9.36. The highest BCUT2D eigenvalue weighted by atomic mass is 32.2. The Labute approximate surface area is 196 Å². The molecule has 186 valence electrons. The first kappa shape index (κ1) is 26.4. The molecule has 0 atom stereocenters. The maximum atomic E-state index is 12.9. The molecule has 0 bridgehead atoms. The smallest absolute Gasteiger partial charge is 0.299 e. The molecule has 0 amide bonds. The fraction of sp³-hybridized carbons (Fsp3) is 0.217. The molecule has 0 saturated heterocycles. The lowest BCUT2D eigenvalue weighted by atomic mass is 9.95. The predicted molar refractivity (Wildman–Crippen MR) is 115 cm³/mol. The van der Waals surface area contributed by atoms with Crippen LogP contribution in [0.5, 0.6) is 0 Å². The number of alkyl halides is 6. The summed E-state index contributed by atoms with van der Waals surface area (Å²) in [6.07, 6.45) is -8.44. The largest absolute Gasteiger partial charge is 0.417 e. The molecule has 0 unspecified atom stereocenters. The zero-order valence-corrected chi connectivity index (χ0v) is 18.6. The maximum Gasteiger partial charge on any atom is 0.417 e. The van der Waals surface area contributed by atoms with Gasteiger partial charge in [0.25, 0.3) is 0 Å². The van der Waals surface area contributed by atoms with E-state index in [1.165, 1.54) is 10.8 Å². The van der Waals surface area contributed by atoms with Crippen molar-refractivity contribution in [3.05, 3.63) is 83.7 Å². The molecule has 5 nitrogen and oxygen atoms in total. The number of hydrogen-bond donors (Lipinski definition) is 1. The zero-order valence-electron chi connectivity index (χ0n) is 17.8. The SMILES string of the molecule is O=C(Cc1cncc(C(F)(F)F)c1)Cc1cc(S(=O)(=O)NCC(F)(F)F)ccc1-c1ccccc1. The van der Waals surface area contributed by atoms with Gasteiger partial charge in [0.15, 0.2) is 0 Å². The van der Waals surface area contributed by atoms with Crippen LogP contribution in [-0.4, -0.2) is 31.9 Å². The third-order valence-electron chi connectivity index (χ3n) is 4.85. The molecule has 0 aliphatic rings. The lowest BCUT2D eigenvalue weighted by Crippen LogP contribution is -2.33. The highest BCUT2D eigenvalue weighted by molar-refractivity contribution is 7.89. The van der Waals surface area contributed by atoms with Crippen LogP contribution in [0.3, 0.4) is 0 Å². The van der Waals surface area contributed by atoms with E-state index in [1.54, 1.807) is 30.3 Å². The van der Waals surface area contributed by atoms with Crippen molar-refractivity contribution in [3.63, 3.8) is 0 Å². The first-order chi connectivity index (χ1) is 16.2. The van der Waals surface area contributed by atoms with Crippen LogP contribution in [0.2, 0.25) is 0 Å². The molecule has 1 heterocycles. The van der Waals surface area contributed by atoms with E-state index in [0.717, 1.165) is 24.4 Å². The van der Waals surface area contributed by atoms with E-state index in [9.17, 15) is 39.6 Å². The summed E-state index contributed by atoms with van der Waals surface area (Å²) in [5, 5.41) is 0. The van der Waals surface area contributed by atoms with Gasteiger partial charge in [0.1, 0.15) is 12.3 Å². The van der Waals surface area contributed by atoms with E-state index in [1.807, 2.05) is 0 Å². The van der Waals surface area contributed by atoms with E-state index in [2.05, 4.69) is 4.98 Å². The molecule has 1 aromatic heterocycles. The number of halogens is 6. The number of carbonyl (C=O) groups is 1. The number of Topliss-reactive ketones (excluding diaryl/α,β-unsaturated/α-hetero) is 1. The van der Waals surface area contributed by atoms with Crippen molar-refractivity contribution >= 4 is 15.8 Å². The molecular formula is C23H18F6N2O3S. The summed E-state index contributed by atoms with van der Waals surface area (Å²) >= 11 is 0. The van der Waals surface area contributed by atoms with E-state index < -0.39 is 51.6 Å². The van der Waals surface area contributed by atoms with Crippen LogP contribution < -0.4 is 4.72 Å². The van der Waals surface area contributed by atoms with Gasteiger partial charge in [0.2, 0.25) is 10.0 Å². The summed E-state index contributed by atoms with van der Waals surface area (Å²) in [4.78, 5) is 15.8. The number of ketones is 1. The molecule has 1 N–H and O–H groups in total. The fourth-order valence-electron chi connectivity index (χ4n) is 3.28. The normalized spacial score (nSPS) is 12.5. The molecule has 2 aromatic carbocycles. The van der Waals surface area contributed by atoms with Crippen molar-refractivity contribution in [2.75, 3.05) is 6.54 Å². The third kappa shape index (κ3) is 7.36. The molecular weight excluding hydrogens is 498 g/mol. The average molecular weight is 516 g/mol. The average Bonchev–Trinajstić information content (AvgIpc) is 2.77. The first-order valence-electron chi connectivity index (χ1n) is 10.0. The van der Waals surface area contributed by atoms with Crippen LogP contribution in [0.1, 0.15) is 16.7 Å². The topological polar surface area (TPSA) is 76.1 Å². The van der Waals surface area contributed by atoms with Gasteiger partial charge in [-0.2, -0.15) is 26.3 Å². The minimum absolute atomic E-state index is 0.0155. The van der Waals surface area contributed by atoms with Crippen LogP contribution in [0, 0.1) is 0 Å². The summed E-state index contributed by atoms with van der Waals surface area (Å²) < 4.78 is 102.